The minimum atomic E-state index is 0.104. The third-order valence-electron chi connectivity index (χ3n) is 4.23. The van der Waals surface area contributed by atoms with Crippen molar-refractivity contribution in [3.05, 3.63) is 29.8 Å². The van der Waals surface area contributed by atoms with E-state index in [1.54, 1.807) is 0 Å². The Balaban J connectivity index is 1.82. The molecule has 0 aliphatic carbocycles. The summed E-state index contributed by atoms with van der Waals surface area (Å²) in [7, 11) is 0. The van der Waals surface area contributed by atoms with Gasteiger partial charge in [-0.15, -0.1) is 0 Å². The molecule has 2 fully saturated rings. The van der Waals surface area contributed by atoms with Gasteiger partial charge in [0.25, 0.3) is 5.91 Å². The molecule has 2 N–H and O–H groups in total. The molecule has 0 aromatic heterocycles. The quantitative estimate of drug-likeness (QED) is 0.885. The molecule has 1 aromatic rings. The average Bonchev–Trinajstić information content (AvgIpc) is 2.55. The van der Waals surface area contributed by atoms with E-state index in [1.165, 1.54) is 0 Å². The lowest BCUT2D eigenvalue weighted by atomic mass is 10.0. The number of carbonyl (C=O) groups excluding carboxylic acids is 1. The molecule has 1 aromatic carbocycles. The largest absolute Gasteiger partial charge is 0.378 e. The van der Waals surface area contributed by atoms with E-state index >= 15 is 0 Å². The van der Waals surface area contributed by atoms with Gasteiger partial charge in [0.1, 0.15) is 0 Å². The van der Waals surface area contributed by atoms with E-state index in [0.29, 0.717) is 6.54 Å². The number of nitrogens with zero attached hydrogens (tertiary/aromatic N) is 2. The van der Waals surface area contributed by atoms with Crippen molar-refractivity contribution in [1.82, 2.24) is 4.90 Å². The van der Waals surface area contributed by atoms with E-state index in [0.717, 1.165) is 56.9 Å². The van der Waals surface area contributed by atoms with Gasteiger partial charge in [0.05, 0.1) is 18.8 Å². The number of morpholine rings is 1. The van der Waals surface area contributed by atoms with Crippen LogP contribution in [0.1, 0.15) is 23.2 Å². The molecule has 1 unspecified atom stereocenters. The first-order valence-corrected chi connectivity index (χ1v) is 7.72. The summed E-state index contributed by atoms with van der Waals surface area (Å²) in [6.45, 7) is 4.59. The number of hydrogen-bond donors (Lipinski definition) is 1. The number of likely N-dealkylation sites (tertiary alicyclic amines) is 1. The van der Waals surface area contributed by atoms with Crippen molar-refractivity contribution in [1.29, 1.82) is 0 Å². The molecule has 1 amide bonds. The zero-order valence-corrected chi connectivity index (χ0v) is 12.3. The number of piperidine rings is 1. The Hall–Kier alpha value is -1.59. The normalized spacial score (nSPS) is 23.2. The number of amides is 1. The van der Waals surface area contributed by atoms with Gasteiger partial charge in [-0.05, 0) is 25.0 Å². The van der Waals surface area contributed by atoms with Crippen molar-refractivity contribution < 1.29 is 9.53 Å². The summed E-state index contributed by atoms with van der Waals surface area (Å²) in [6.07, 6.45) is 2.00. The van der Waals surface area contributed by atoms with Gasteiger partial charge in [-0.3, -0.25) is 4.79 Å². The topological polar surface area (TPSA) is 58.8 Å². The summed E-state index contributed by atoms with van der Waals surface area (Å²) in [5, 5.41) is 0. The molecule has 5 nitrogen and oxygen atoms in total. The number of anilines is 1. The van der Waals surface area contributed by atoms with Crippen LogP contribution in [0.5, 0.6) is 0 Å². The Labute approximate surface area is 125 Å². The van der Waals surface area contributed by atoms with E-state index in [4.69, 9.17) is 10.5 Å². The van der Waals surface area contributed by atoms with Crippen molar-refractivity contribution in [2.75, 3.05) is 44.3 Å². The highest BCUT2D eigenvalue weighted by Crippen LogP contribution is 2.24. The van der Waals surface area contributed by atoms with Gasteiger partial charge in [0.15, 0.2) is 0 Å². The van der Waals surface area contributed by atoms with E-state index in [-0.39, 0.29) is 11.9 Å². The van der Waals surface area contributed by atoms with Crippen LogP contribution < -0.4 is 10.6 Å². The Bertz CT molecular complexity index is 500. The molecule has 2 aliphatic heterocycles. The summed E-state index contributed by atoms with van der Waals surface area (Å²) in [4.78, 5) is 17.0. The number of hydrogen-bond acceptors (Lipinski definition) is 4. The number of para-hydroxylation sites is 1. The van der Waals surface area contributed by atoms with E-state index in [1.807, 2.05) is 29.2 Å². The molecule has 114 valence electrons. The van der Waals surface area contributed by atoms with Crippen molar-refractivity contribution in [2.45, 2.75) is 18.9 Å². The highest BCUT2D eigenvalue weighted by atomic mass is 16.5. The van der Waals surface area contributed by atoms with Crippen LogP contribution in [-0.4, -0.2) is 56.2 Å². The van der Waals surface area contributed by atoms with Gasteiger partial charge in [-0.2, -0.15) is 0 Å². The maximum absolute atomic E-state index is 12.8. The Morgan fingerprint density at radius 3 is 2.71 bits per heavy atom. The second kappa shape index (κ2) is 6.45. The average molecular weight is 289 g/mol. The van der Waals surface area contributed by atoms with Gasteiger partial charge in [-0.25, -0.2) is 0 Å². The summed E-state index contributed by atoms with van der Waals surface area (Å²) in [5.41, 5.74) is 7.81. The standard InChI is InChI=1S/C16H23N3O2/c17-13-4-3-7-19(12-13)16(20)14-5-1-2-6-15(14)18-8-10-21-11-9-18/h1-2,5-6,13H,3-4,7-12,17H2. The highest BCUT2D eigenvalue weighted by Gasteiger charge is 2.25. The zero-order chi connectivity index (χ0) is 14.7. The molecule has 21 heavy (non-hydrogen) atoms. The van der Waals surface area contributed by atoms with Gasteiger partial charge >= 0.3 is 0 Å². The SMILES string of the molecule is NC1CCCN(C(=O)c2ccccc2N2CCOCC2)C1. The number of benzene rings is 1. The molecule has 0 radical (unpaired) electrons. The maximum Gasteiger partial charge on any atom is 0.256 e. The third kappa shape index (κ3) is 3.19. The van der Waals surface area contributed by atoms with Crippen LogP contribution in [-0.2, 0) is 4.74 Å². The van der Waals surface area contributed by atoms with Gasteiger partial charge < -0.3 is 20.3 Å². The number of carbonyl (C=O) groups is 1. The van der Waals surface area contributed by atoms with Crippen molar-refractivity contribution >= 4 is 11.6 Å². The predicted molar refractivity (Wildman–Crippen MR) is 82.6 cm³/mol. The fourth-order valence-electron chi connectivity index (χ4n) is 3.10. The zero-order valence-electron chi connectivity index (χ0n) is 12.3. The molecule has 3 rings (SSSR count). The van der Waals surface area contributed by atoms with Crippen LogP contribution in [0.4, 0.5) is 5.69 Å². The van der Waals surface area contributed by atoms with E-state index < -0.39 is 0 Å². The first-order chi connectivity index (χ1) is 10.3. The second-order valence-electron chi connectivity index (χ2n) is 5.77. The number of rotatable bonds is 2. The Morgan fingerprint density at radius 2 is 1.95 bits per heavy atom. The van der Waals surface area contributed by atoms with Crippen LogP contribution in [0.15, 0.2) is 24.3 Å². The summed E-state index contributed by atoms with van der Waals surface area (Å²) < 4.78 is 5.40. The van der Waals surface area contributed by atoms with Gasteiger partial charge in [0, 0.05) is 37.9 Å². The molecular weight excluding hydrogens is 266 g/mol. The molecule has 2 saturated heterocycles. The lowest BCUT2D eigenvalue weighted by molar-refractivity contribution is 0.0708. The maximum atomic E-state index is 12.8. The lowest BCUT2D eigenvalue weighted by Gasteiger charge is -2.34. The lowest BCUT2D eigenvalue weighted by Crippen LogP contribution is -2.46. The van der Waals surface area contributed by atoms with Crippen molar-refractivity contribution in [2.24, 2.45) is 5.73 Å². The smallest absolute Gasteiger partial charge is 0.256 e. The second-order valence-corrected chi connectivity index (χ2v) is 5.77. The van der Waals surface area contributed by atoms with Crippen LogP contribution in [0, 0.1) is 0 Å². The van der Waals surface area contributed by atoms with E-state index in [9.17, 15) is 4.79 Å². The fourth-order valence-corrected chi connectivity index (χ4v) is 3.10. The molecule has 0 spiro atoms. The minimum absolute atomic E-state index is 0.104. The van der Waals surface area contributed by atoms with Crippen LogP contribution in [0.3, 0.4) is 0 Å². The van der Waals surface area contributed by atoms with Gasteiger partial charge in [-0.1, -0.05) is 12.1 Å². The minimum Gasteiger partial charge on any atom is -0.378 e. The van der Waals surface area contributed by atoms with Gasteiger partial charge in [0.2, 0.25) is 0 Å². The molecule has 1 atom stereocenters. The molecule has 2 heterocycles. The summed E-state index contributed by atoms with van der Waals surface area (Å²) in [6, 6.07) is 7.98. The third-order valence-corrected chi connectivity index (χ3v) is 4.23. The molecule has 0 saturated carbocycles. The number of nitrogens with two attached hydrogens (primary N) is 1. The summed E-state index contributed by atoms with van der Waals surface area (Å²) >= 11 is 0. The predicted octanol–water partition coefficient (Wildman–Crippen LogP) is 1.09. The molecule has 5 heteroatoms. The summed E-state index contributed by atoms with van der Waals surface area (Å²) in [5.74, 6) is 0.104. The first-order valence-electron chi connectivity index (χ1n) is 7.72. The number of ether oxygens (including phenoxy) is 1. The van der Waals surface area contributed by atoms with E-state index in [2.05, 4.69) is 4.90 Å². The molecule has 0 bridgehead atoms. The van der Waals surface area contributed by atoms with Crippen LogP contribution in [0.25, 0.3) is 0 Å². The van der Waals surface area contributed by atoms with Crippen molar-refractivity contribution in [3.63, 3.8) is 0 Å². The van der Waals surface area contributed by atoms with Crippen molar-refractivity contribution in [3.8, 4) is 0 Å². The first kappa shape index (κ1) is 14.4. The Morgan fingerprint density at radius 1 is 1.19 bits per heavy atom. The molecular formula is C16H23N3O2. The van der Waals surface area contributed by atoms with Crippen LogP contribution in [0.2, 0.25) is 0 Å². The Kier molecular flexibility index (Phi) is 4.41. The fraction of sp³-hybridized carbons (Fsp3) is 0.562. The monoisotopic (exact) mass is 289 g/mol. The molecule has 2 aliphatic rings. The highest BCUT2D eigenvalue weighted by molar-refractivity contribution is 6.00. The van der Waals surface area contributed by atoms with Crippen LogP contribution >= 0.6 is 0 Å².